The highest BCUT2D eigenvalue weighted by Gasteiger charge is 2.20. The SMILES string of the molecule is COc1ccc(-c2cnc3n2CCN(Cc2ccncc2)C3)cc1. The monoisotopic (exact) mass is 320 g/mol. The number of pyridine rings is 1. The van der Waals surface area contributed by atoms with Crippen LogP contribution >= 0.6 is 0 Å². The largest absolute Gasteiger partial charge is 0.497 e. The molecule has 0 N–H and O–H groups in total. The molecule has 0 radical (unpaired) electrons. The Labute approximate surface area is 141 Å². The summed E-state index contributed by atoms with van der Waals surface area (Å²) in [7, 11) is 1.69. The van der Waals surface area contributed by atoms with Crippen molar-refractivity contribution in [1.29, 1.82) is 0 Å². The maximum atomic E-state index is 5.24. The maximum absolute atomic E-state index is 5.24. The van der Waals surface area contributed by atoms with Crippen LogP contribution < -0.4 is 4.74 Å². The molecule has 0 saturated heterocycles. The summed E-state index contributed by atoms with van der Waals surface area (Å²) in [5, 5.41) is 0. The molecule has 1 aliphatic rings. The molecule has 2 aromatic heterocycles. The molecule has 0 fully saturated rings. The van der Waals surface area contributed by atoms with E-state index >= 15 is 0 Å². The molecule has 0 atom stereocenters. The van der Waals surface area contributed by atoms with Crippen LogP contribution in [0.3, 0.4) is 0 Å². The van der Waals surface area contributed by atoms with E-state index in [0.29, 0.717) is 0 Å². The normalized spacial score (nSPS) is 14.4. The molecule has 3 heterocycles. The second-order valence-corrected chi connectivity index (χ2v) is 6.01. The molecule has 1 aromatic carbocycles. The minimum absolute atomic E-state index is 0.873. The third-order valence-electron chi connectivity index (χ3n) is 4.48. The number of benzene rings is 1. The number of aromatic nitrogens is 3. The second kappa shape index (κ2) is 6.45. The fourth-order valence-electron chi connectivity index (χ4n) is 3.18. The number of nitrogens with zero attached hydrogens (tertiary/aromatic N) is 4. The molecule has 3 aromatic rings. The summed E-state index contributed by atoms with van der Waals surface area (Å²) in [6.07, 6.45) is 5.68. The molecule has 1 aliphatic heterocycles. The van der Waals surface area contributed by atoms with Gasteiger partial charge in [-0.1, -0.05) is 0 Å². The fraction of sp³-hybridized carbons (Fsp3) is 0.263. The van der Waals surface area contributed by atoms with Crippen molar-refractivity contribution in [3.05, 3.63) is 66.4 Å². The van der Waals surface area contributed by atoms with Gasteiger partial charge in [0, 0.05) is 37.6 Å². The van der Waals surface area contributed by atoms with Gasteiger partial charge in [-0.2, -0.15) is 0 Å². The van der Waals surface area contributed by atoms with Crippen LogP contribution in [0, 0.1) is 0 Å². The van der Waals surface area contributed by atoms with Crippen molar-refractivity contribution in [3.8, 4) is 17.0 Å². The fourth-order valence-corrected chi connectivity index (χ4v) is 3.18. The molecule has 0 bridgehead atoms. The van der Waals surface area contributed by atoms with Crippen molar-refractivity contribution in [1.82, 2.24) is 19.4 Å². The van der Waals surface area contributed by atoms with E-state index < -0.39 is 0 Å². The summed E-state index contributed by atoms with van der Waals surface area (Å²) in [6, 6.07) is 12.3. The second-order valence-electron chi connectivity index (χ2n) is 6.01. The number of fused-ring (bicyclic) bond motifs is 1. The van der Waals surface area contributed by atoms with Gasteiger partial charge in [0.15, 0.2) is 0 Å². The number of imidazole rings is 1. The molecular formula is C19H20N4O. The van der Waals surface area contributed by atoms with Crippen molar-refractivity contribution >= 4 is 0 Å². The Hall–Kier alpha value is -2.66. The predicted molar refractivity (Wildman–Crippen MR) is 92.6 cm³/mol. The Balaban J connectivity index is 1.52. The summed E-state index contributed by atoms with van der Waals surface area (Å²) < 4.78 is 7.56. The smallest absolute Gasteiger partial charge is 0.123 e. The highest BCUT2D eigenvalue weighted by Crippen LogP contribution is 2.26. The lowest BCUT2D eigenvalue weighted by molar-refractivity contribution is 0.209. The van der Waals surface area contributed by atoms with Gasteiger partial charge in [0.1, 0.15) is 11.6 Å². The van der Waals surface area contributed by atoms with E-state index in [4.69, 9.17) is 4.74 Å². The van der Waals surface area contributed by atoms with Crippen LogP contribution in [-0.2, 0) is 19.6 Å². The van der Waals surface area contributed by atoms with Crippen molar-refractivity contribution in [3.63, 3.8) is 0 Å². The van der Waals surface area contributed by atoms with Crippen molar-refractivity contribution in [2.24, 2.45) is 0 Å². The Morgan fingerprint density at radius 3 is 2.58 bits per heavy atom. The first-order chi connectivity index (χ1) is 11.8. The maximum Gasteiger partial charge on any atom is 0.123 e. The standard InChI is InChI=1S/C19H20N4O/c1-24-17-4-2-16(3-5-17)18-12-21-19-14-22(10-11-23(18)19)13-15-6-8-20-9-7-15/h2-9,12H,10-11,13-14H2,1H3. The van der Waals surface area contributed by atoms with Crippen LogP contribution in [0.5, 0.6) is 5.75 Å². The predicted octanol–water partition coefficient (Wildman–Crippen LogP) is 2.97. The zero-order valence-corrected chi connectivity index (χ0v) is 13.7. The Morgan fingerprint density at radius 1 is 1.04 bits per heavy atom. The molecule has 5 nitrogen and oxygen atoms in total. The van der Waals surface area contributed by atoms with Gasteiger partial charge < -0.3 is 9.30 Å². The molecule has 24 heavy (non-hydrogen) atoms. The Kier molecular flexibility index (Phi) is 4.01. The van der Waals surface area contributed by atoms with Crippen LogP contribution in [0.15, 0.2) is 55.0 Å². The van der Waals surface area contributed by atoms with E-state index in [1.807, 2.05) is 30.7 Å². The van der Waals surface area contributed by atoms with Crippen LogP contribution in [-0.4, -0.2) is 33.1 Å². The van der Waals surface area contributed by atoms with Gasteiger partial charge in [-0.3, -0.25) is 9.88 Å². The van der Waals surface area contributed by atoms with E-state index in [-0.39, 0.29) is 0 Å². The first-order valence-electron chi connectivity index (χ1n) is 8.13. The topological polar surface area (TPSA) is 43.2 Å². The van der Waals surface area contributed by atoms with E-state index in [0.717, 1.165) is 37.8 Å². The van der Waals surface area contributed by atoms with Gasteiger partial charge in [-0.05, 0) is 42.0 Å². The van der Waals surface area contributed by atoms with Gasteiger partial charge in [0.25, 0.3) is 0 Å². The molecule has 0 aliphatic carbocycles. The highest BCUT2D eigenvalue weighted by atomic mass is 16.5. The summed E-state index contributed by atoms with van der Waals surface area (Å²) >= 11 is 0. The summed E-state index contributed by atoms with van der Waals surface area (Å²) in [4.78, 5) is 11.2. The molecule has 0 amide bonds. The average Bonchev–Trinajstić information content (AvgIpc) is 3.06. The molecule has 0 saturated carbocycles. The highest BCUT2D eigenvalue weighted by molar-refractivity contribution is 5.60. The van der Waals surface area contributed by atoms with Crippen LogP contribution in [0.4, 0.5) is 0 Å². The average molecular weight is 320 g/mol. The quantitative estimate of drug-likeness (QED) is 0.741. The number of methoxy groups -OCH3 is 1. The molecule has 0 spiro atoms. The van der Waals surface area contributed by atoms with E-state index in [1.165, 1.54) is 16.8 Å². The number of hydrogen-bond donors (Lipinski definition) is 0. The molecule has 0 unspecified atom stereocenters. The number of hydrogen-bond acceptors (Lipinski definition) is 4. The lowest BCUT2D eigenvalue weighted by Crippen LogP contribution is -2.33. The van der Waals surface area contributed by atoms with Gasteiger partial charge in [0.05, 0.1) is 25.5 Å². The van der Waals surface area contributed by atoms with E-state index in [9.17, 15) is 0 Å². The third-order valence-corrected chi connectivity index (χ3v) is 4.48. The Morgan fingerprint density at radius 2 is 1.83 bits per heavy atom. The lowest BCUT2D eigenvalue weighted by atomic mass is 10.1. The van der Waals surface area contributed by atoms with Crippen molar-refractivity contribution < 1.29 is 4.74 Å². The zero-order chi connectivity index (χ0) is 16.4. The summed E-state index contributed by atoms with van der Waals surface area (Å²) in [5.74, 6) is 2.00. The minimum atomic E-state index is 0.873. The van der Waals surface area contributed by atoms with Crippen LogP contribution in [0.25, 0.3) is 11.3 Å². The van der Waals surface area contributed by atoms with Gasteiger partial charge in [-0.25, -0.2) is 4.98 Å². The summed E-state index contributed by atoms with van der Waals surface area (Å²) in [5.41, 5.74) is 3.65. The molecule has 4 rings (SSSR count). The molecule has 5 heteroatoms. The molecule has 122 valence electrons. The Bertz CT molecular complexity index is 811. The zero-order valence-electron chi connectivity index (χ0n) is 13.7. The van der Waals surface area contributed by atoms with Crippen LogP contribution in [0.2, 0.25) is 0 Å². The van der Waals surface area contributed by atoms with E-state index in [2.05, 4.69) is 43.7 Å². The van der Waals surface area contributed by atoms with E-state index in [1.54, 1.807) is 7.11 Å². The van der Waals surface area contributed by atoms with Gasteiger partial charge in [-0.15, -0.1) is 0 Å². The van der Waals surface area contributed by atoms with Crippen molar-refractivity contribution in [2.45, 2.75) is 19.6 Å². The first kappa shape index (κ1) is 14.9. The third kappa shape index (κ3) is 2.90. The van der Waals surface area contributed by atoms with Crippen molar-refractivity contribution in [2.75, 3.05) is 13.7 Å². The van der Waals surface area contributed by atoms with Gasteiger partial charge in [0.2, 0.25) is 0 Å². The lowest BCUT2D eigenvalue weighted by Gasteiger charge is -2.28. The number of ether oxygens (including phenoxy) is 1. The van der Waals surface area contributed by atoms with Gasteiger partial charge >= 0.3 is 0 Å². The first-order valence-corrected chi connectivity index (χ1v) is 8.13. The molecular weight excluding hydrogens is 300 g/mol. The van der Waals surface area contributed by atoms with Crippen LogP contribution in [0.1, 0.15) is 11.4 Å². The minimum Gasteiger partial charge on any atom is -0.497 e. The number of rotatable bonds is 4. The summed E-state index contributed by atoms with van der Waals surface area (Å²) in [6.45, 7) is 3.79.